The quantitative estimate of drug-likeness (QED) is 0.370. The van der Waals surface area contributed by atoms with Gasteiger partial charge in [0.2, 0.25) is 0 Å². The number of hydrogen-bond acceptors (Lipinski definition) is 2. The van der Waals surface area contributed by atoms with Gasteiger partial charge in [-0.05, 0) is 12.8 Å². The van der Waals surface area contributed by atoms with Crippen molar-refractivity contribution in [3.63, 3.8) is 0 Å². The molecule has 0 aliphatic heterocycles. The highest BCUT2D eigenvalue weighted by atomic mass is 79.9. The van der Waals surface area contributed by atoms with Crippen molar-refractivity contribution >= 4 is 63.7 Å². The Hall–Kier alpha value is 0.600. The summed E-state index contributed by atoms with van der Waals surface area (Å²) in [7, 11) is 0. The Morgan fingerprint density at radius 3 is 2.39 bits per heavy atom. The van der Waals surface area contributed by atoms with E-state index in [1.54, 1.807) is 0 Å². The molecule has 1 N–H and O–H groups in total. The van der Waals surface area contributed by atoms with E-state index in [-0.39, 0.29) is 9.65 Å². The molecule has 0 saturated heterocycles. The molecular weight excluding hydrogens is 500 g/mol. The lowest BCUT2D eigenvalue weighted by Gasteiger charge is -2.22. The molecule has 1 aromatic heterocycles. The van der Waals surface area contributed by atoms with Gasteiger partial charge >= 0.3 is 0 Å². The minimum absolute atomic E-state index is 0.00586. The Morgan fingerprint density at radius 2 is 1.83 bits per heavy atom. The van der Waals surface area contributed by atoms with Crippen molar-refractivity contribution in [3.05, 3.63) is 27.7 Å². The predicted octanol–water partition coefficient (Wildman–Crippen LogP) is 4.10. The Morgan fingerprint density at radius 1 is 1.22 bits per heavy atom. The number of fused-ring (bicyclic) bond motifs is 1. The van der Waals surface area contributed by atoms with Crippen LogP contribution in [0, 0.1) is 4.91 Å². The number of aromatic nitrogens is 2. The van der Waals surface area contributed by atoms with Crippen LogP contribution in [0.2, 0.25) is 0 Å². The summed E-state index contributed by atoms with van der Waals surface area (Å²) in [5, 5.41) is 11.1. The van der Waals surface area contributed by atoms with E-state index in [2.05, 4.69) is 63.7 Å². The summed E-state index contributed by atoms with van der Waals surface area (Å²) in [6.07, 6.45) is 1.74. The van der Waals surface area contributed by atoms with Gasteiger partial charge < -0.3 is 5.21 Å². The first-order chi connectivity index (χ1) is 8.52. The molecule has 0 saturated carbocycles. The molecule has 2 atom stereocenters. The minimum atomic E-state index is -0.0284. The summed E-state index contributed by atoms with van der Waals surface area (Å²) in [4.78, 5) is 12.4. The fourth-order valence-corrected chi connectivity index (χ4v) is 4.65. The van der Waals surface area contributed by atoms with Crippen molar-refractivity contribution < 1.29 is 9.63 Å². The van der Waals surface area contributed by atoms with Crippen LogP contribution in [0.4, 0.5) is 0 Å². The van der Waals surface area contributed by atoms with Crippen LogP contribution in [0.25, 0.3) is 0 Å². The lowest BCUT2D eigenvalue weighted by molar-refractivity contribution is -0.516. The Bertz CT molecular complexity index is 532. The molecule has 0 spiro atoms. The van der Waals surface area contributed by atoms with Crippen LogP contribution < -0.4 is 4.43 Å². The lowest BCUT2D eigenvalue weighted by atomic mass is 9.99. The maximum Gasteiger partial charge on any atom is 0.277 e. The van der Waals surface area contributed by atoms with Crippen molar-refractivity contribution in [1.29, 1.82) is 0 Å². The summed E-state index contributed by atoms with van der Waals surface area (Å²) in [5.41, 5.74) is 2.33. The molecule has 0 aromatic carbocycles. The second kappa shape index (κ2) is 5.93. The normalized spacial score (nSPS) is 22.9. The lowest BCUT2D eigenvalue weighted by Crippen LogP contribution is -2.36. The van der Waals surface area contributed by atoms with Crippen LogP contribution in [-0.4, -0.2) is 9.94 Å². The molecule has 0 unspecified atom stereocenters. The monoisotopic (exact) mass is 507 g/mol. The molecule has 0 fully saturated rings. The van der Waals surface area contributed by atoms with E-state index in [0.29, 0.717) is 33.4 Å². The van der Waals surface area contributed by atoms with Crippen molar-refractivity contribution in [2.75, 3.05) is 0 Å². The van der Waals surface area contributed by atoms with E-state index in [0.717, 1.165) is 22.0 Å². The van der Waals surface area contributed by atoms with Gasteiger partial charge in [0.15, 0.2) is 0 Å². The third-order valence-electron chi connectivity index (χ3n) is 3.06. The van der Waals surface area contributed by atoms with Gasteiger partial charge in [-0.15, -0.1) is 0 Å². The first-order valence-electron chi connectivity index (χ1n) is 5.35. The summed E-state index contributed by atoms with van der Waals surface area (Å²) in [5.74, 6) is 0. The van der Waals surface area contributed by atoms with E-state index in [1.165, 1.54) is 0 Å². The zero-order chi connectivity index (χ0) is 13.4. The summed E-state index contributed by atoms with van der Waals surface area (Å²) < 4.78 is 2.07. The zero-order valence-corrected chi connectivity index (χ0v) is 15.6. The SMILES string of the molecule is O=[n+]1c(CBr)c(CBr)n(O)c2c1[C@@H](Br)CC[C@H]2Br. The maximum absolute atomic E-state index is 12.4. The largest absolute Gasteiger partial charge is 0.428 e. The van der Waals surface area contributed by atoms with Gasteiger partial charge in [0.25, 0.3) is 11.4 Å². The number of rotatable bonds is 2. The van der Waals surface area contributed by atoms with Gasteiger partial charge in [0.1, 0.15) is 16.2 Å². The molecule has 1 heterocycles. The molecule has 18 heavy (non-hydrogen) atoms. The average Bonchev–Trinajstić information content (AvgIpc) is 2.35. The average molecular weight is 511 g/mol. The maximum atomic E-state index is 12.4. The van der Waals surface area contributed by atoms with Crippen molar-refractivity contribution in [3.8, 4) is 0 Å². The minimum Gasteiger partial charge on any atom is -0.428 e. The van der Waals surface area contributed by atoms with Crippen LogP contribution in [0.3, 0.4) is 0 Å². The fourth-order valence-electron chi connectivity index (χ4n) is 2.15. The number of alkyl halides is 4. The summed E-state index contributed by atoms with van der Waals surface area (Å²) >= 11 is 13.7. The number of halogens is 4. The van der Waals surface area contributed by atoms with Gasteiger partial charge in [-0.1, -0.05) is 63.7 Å². The third-order valence-corrected chi connectivity index (χ3v) is 5.91. The van der Waals surface area contributed by atoms with E-state index in [4.69, 9.17) is 0 Å². The van der Waals surface area contributed by atoms with Crippen LogP contribution >= 0.6 is 63.7 Å². The Balaban J connectivity index is 2.83. The molecule has 0 radical (unpaired) electrons. The summed E-state index contributed by atoms with van der Waals surface area (Å²) in [6.45, 7) is 0. The fraction of sp³-hybridized carbons (Fsp3) is 0.600. The molecule has 8 heteroatoms. The second-order valence-corrected chi connectivity index (χ2v) is 7.38. The van der Waals surface area contributed by atoms with Crippen molar-refractivity contribution in [2.45, 2.75) is 33.2 Å². The molecular formula is C10H11Br4N2O2+. The molecule has 1 aliphatic carbocycles. The Kier molecular flexibility index (Phi) is 4.94. The zero-order valence-electron chi connectivity index (χ0n) is 9.24. The van der Waals surface area contributed by atoms with E-state index >= 15 is 0 Å². The second-order valence-electron chi connectivity index (χ2n) is 4.05. The highest BCUT2D eigenvalue weighted by Crippen LogP contribution is 2.43. The van der Waals surface area contributed by atoms with Crippen molar-refractivity contribution in [1.82, 2.24) is 4.73 Å². The Labute approximate surface area is 138 Å². The molecule has 1 aromatic rings. The molecule has 0 amide bonds. The molecule has 2 rings (SSSR count). The molecule has 0 bridgehead atoms. The predicted molar refractivity (Wildman–Crippen MR) is 82.8 cm³/mol. The number of hydrogen-bond donors (Lipinski definition) is 1. The highest BCUT2D eigenvalue weighted by molar-refractivity contribution is 9.09. The van der Waals surface area contributed by atoms with Gasteiger partial charge in [-0.2, -0.15) is 4.73 Å². The van der Waals surface area contributed by atoms with Gasteiger partial charge in [-0.3, -0.25) is 0 Å². The smallest absolute Gasteiger partial charge is 0.277 e. The number of nitrogens with zero attached hydrogens (tertiary/aromatic N) is 2. The first-order valence-corrected chi connectivity index (χ1v) is 9.42. The van der Waals surface area contributed by atoms with Crippen molar-refractivity contribution in [2.24, 2.45) is 0 Å². The van der Waals surface area contributed by atoms with Gasteiger partial charge in [0, 0.05) is 4.91 Å². The van der Waals surface area contributed by atoms with E-state index < -0.39 is 0 Å². The standard InChI is InChI=1S/C10H11Br4N2O2/c11-3-7-8(4-12)16(18)10-6(14)2-1-5(13)9(10)15(7)17/h5-6,17H,1-4H2/q+1/t5-,6+/m1/s1. The van der Waals surface area contributed by atoms with Crippen LogP contribution in [-0.2, 0) is 10.7 Å². The van der Waals surface area contributed by atoms with Gasteiger partial charge in [0.05, 0.1) is 19.9 Å². The summed E-state index contributed by atoms with van der Waals surface area (Å²) in [6, 6.07) is 0. The van der Waals surface area contributed by atoms with E-state index in [9.17, 15) is 10.1 Å². The first kappa shape index (κ1) is 15.0. The van der Waals surface area contributed by atoms with Crippen LogP contribution in [0.5, 0.6) is 0 Å². The third kappa shape index (κ3) is 2.33. The van der Waals surface area contributed by atoms with Crippen LogP contribution in [0.15, 0.2) is 0 Å². The van der Waals surface area contributed by atoms with E-state index in [1.807, 2.05) is 0 Å². The highest BCUT2D eigenvalue weighted by Gasteiger charge is 2.39. The molecule has 1 aliphatic rings. The topological polar surface area (TPSA) is 48.1 Å². The van der Waals surface area contributed by atoms with Gasteiger partial charge in [-0.25, -0.2) is 0 Å². The molecule has 4 nitrogen and oxygen atoms in total. The van der Waals surface area contributed by atoms with Crippen LogP contribution in [0.1, 0.15) is 45.3 Å². The molecule has 100 valence electrons.